The molecule has 1 saturated carbocycles. The van der Waals surface area contributed by atoms with Gasteiger partial charge in [-0.25, -0.2) is 0 Å². The molecule has 0 saturated heterocycles. The average molecular weight is 277 g/mol. The van der Waals surface area contributed by atoms with E-state index in [1.54, 1.807) is 7.11 Å². The number of hydrogen-bond donors (Lipinski definition) is 1. The van der Waals surface area contributed by atoms with Gasteiger partial charge < -0.3 is 15.2 Å². The maximum Gasteiger partial charge on any atom is 0.119 e. The summed E-state index contributed by atoms with van der Waals surface area (Å²) in [6.07, 6.45) is 3.89. The molecule has 3 nitrogen and oxygen atoms in total. The summed E-state index contributed by atoms with van der Waals surface area (Å²) in [6.45, 7) is 5.14. The summed E-state index contributed by atoms with van der Waals surface area (Å²) in [5, 5.41) is 0. The van der Waals surface area contributed by atoms with Gasteiger partial charge in [-0.05, 0) is 48.8 Å². The lowest BCUT2D eigenvalue weighted by atomic mass is 9.81. The fraction of sp³-hybridized carbons (Fsp3) is 0.647. The molecule has 0 radical (unpaired) electrons. The van der Waals surface area contributed by atoms with Crippen molar-refractivity contribution < 1.29 is 9.47 Å². The fourth-order valence-electron chi connectivity index (χ4n) is 3.33. The molecular formula is C17H27NO2. The van der Waals surface area contributed by atoms with Crippen LogP contribution in [0, 0.1) is 11.8 Å². The van der Waals surface area contributed by atoms with Crippen LogP contribution in [-0.4, -0.2) is 19.8 Å². The van der Waals surface area contributed by atoms with Crippen LogP contribution in [0.25, 0.3) is 0 Å². The van der Waals surface area contributed by atoms with Gasteiger partial charge in [0.25, 0.3) is 0 Å². The maximum absolute atomic E-state index is 6.29. The molecule has 0 aliphatic heterocycles. The van der Waals surface area contributed by atoms with E-state index in [4.69, 9.17) is 15.2 Å². The Bertz CT molecular complexity index is 411. The Kier molecular flexibility index (Phi) is 5.44. The molecule has 1 fully saturated rings. The molecule has 0 spiro atoms. The smallest absolute Gasteiger partial charge is 0.119 e. The summed E-state index contributed by atoms with van der Waals surface area (Å²) in [4.78, 5) is 0. The number of nitrogens with two attached hydrogens (primary N) is 1. The van der Waals surface area contributed by atoms with E-state index in [1.807, 2.05) is 18.2 Å². The Morgan fingerprint density at radius 3 is 2.50 bits per heavy atom. The second kappa shape index (κ2) is 7.09. The van der Waals surface area contributed by atoms with Crippen LogP contribution in [0.2, 0.25) is 0 Å². The number of benzene rings is 1. The number of hydrogen-bond acceptors (Lipinski definition) is 3. The first-order chi connectivity index (χ1) is 9.62. The summed E-state index contributed by atoms with van der Waals surface area (Å²) >= 11 is 0. The van der Waals surface area contributed by atoms with Crippen LogP contribution in [0.4, 0.5) is 0 Å². The van der Waals surface area contributed by atoms with E-state index in [1.165, 1.54) is 6.42 Å². The predicted octanol–water partition coefficient (Wildman–Crippen LogP) is 3.54. The Balaban J connectivity index is 2.04. The third-order valence-electron chi connectivity index (χ3n) is 4.17. The van der Waals surface area contributed by atoms with Crippen LogP contribution in [0.15, 0.2) is 24.3 Å². The molecule has 112 valence electrons. The molecule has 1 aromatic carbocycles. The van der Waals surface area contributed by atoms with Gasteiger partial charge in [-0.15, -0.1) is 0 Å². The van der Waals surface area contributed by atoms with Gasteiger partial charge in [-0.3, -0.25) is 0 Å². The van der Waals surface area contributed by atoms with Gasteiger partial charge in [0.05, 0.1) is 19.3 Å². The largest absolute Gasteiger partial charge is 0.497 e. The number of ether oxygens (including phenoxy) is 2. The van der Waals surface area contributed by atoms with Crippen molar-refractivity contribution >= 4 is 0 Å². The lowest BCUT2D eigenvalue weighted by Gasteiger charge is -2.34. The van der Waals surface area contributed by atoms with Gasteiger partial charge in [0, 0.05) is 6.54 Å². The molecule has 1 aromatic rings. The third-order valence-corrected chi connectivity index (χ3v) is 4.17. The van der Waals surface area contributed by atoms with Crippen molar-refractivity contribution in [1.82, 2.24) is 0 Å². The molecule has 1 aliphatic rings. The molecule has 3 heteroatoms. The van der Waals surface area contributed by atoms with Gasteiger partial charge in [-0.1, -0.05) is 26.0 Å². The molecule has 3 atom stereocenters. The standard InChI is InChI=1S/C17H27NO2/c1-12-7-13(2)9-16(8-12)20-17(11-18)14-5-4-6-15(10-14)19-3/h4-6,10,12-13,16-17H,7-9,11,18H2,1-3H3. The molecule has 3 unspecified atom stereocenters. The van der Waals surface area contributed by atoms with Crippen LogP contribution in [-0.2, 0) is 4.74 Å². The van der Waals surface area contributed by atoms with E-state index >= 15 is 0 Å². The maximum atomic E-state index is 6.29. The van der Waals surface area contributed by atoms with Gasteiger partial charge in [0.15, 0.2) is 0 Å². The predicted molar refractivity (Wildman–Crippen MR) is 81.8 cm³/mol. The van der Waals surface area contributed by atoms with E-state index in [2.05, 4.69) is 19.9 Å². The second-order valence-electron chi connectivity index (χ2n) is 6.18. The second-order valence-corrected chi connectivity index (χ2v) is 6.18. The van der Waals surface area contributed by atoms with Crippen LogP contribution < -0.4 is 10.5 Å². The van der Waals surface area contributed by atoms with Crippen molar-refractivity contribution in [2.24, 2.45) is 17.6 Å². The van der Waals surface area contributed by atoms with Gasteiger partial charge in [0.2, 0.25) is 0 Å². The molecule has 2 N–H and O–H groups in total. The lowest BCUT2D eigenvalue weighted by Crippen LogP contribution is -2.30. The average Bonchev–Trinajstić information content (AvgIpc) is 2.44. The number of methoxy groups -OCH3 is 1. The third kappa shape index (κ3) is 3.97. The monoisotopic (exact) mass is 277 g/mol. The molecule has 0 aromatic heterocycles. The minimum Gasteiger partial charge on any atom is -0.497 e. The van der Waals surface area contributed by atoms with Crippen molar-refractivity contribution in [3.63, 3.8) is 0 Å². The first kappa shape index (κ1) is 15.3. The molecular weight excluding hydrogens is 250 g/mol. The zero-order valence-electron chi connectivity index (χ0n) is 12.8. The van der Waals surface area contributed by atoms with Crippen LogP contribution in [0.5, 0.6) is 5.75 Å². The van der Waals surface area contributed by atoms with Crippen molar-refractivity contribution in [3.8, 4) is 5.75 Å². The minimum atomic E-state index is -0.0346. The summed E-state index contributed by atoms with van der Waals surface area (Å²) in [7, 11) is 1.68. The Hall–Kier alpha value is -1.06. The quantitative estimate of drug-likeness (QED) is 0.895. The van der Waals surface area contributed by atoms with Crippen molar-refractivity contribution in [1.29, 1.82) is 0 Å². The van der Waals surface area contributed by atoms with Crippen molar-refractivity contribution in [3.05, 3.63) is 29.8 Å². The highest BCUT2D eigenvalue weighted by Gasteiger charge is 2.27. The molecule has 0 amide bonds. The summed E-state index contributed by atoms with van der Waals surface area (Å²) in [5.74, 6) is 2.34. The zero-order valence-corrected chi connectivity index (χ0v) is 12.8. The summed E-state index contributed by atoms with van der Waals surface area (Å²) in [5.41, 5.74) is 7.03. The first-order valence-electron chi connectivity index (χ1n) is 7.61. The fourth-order valence-corrected chi connectivity index (χ4v) is 3.33. The summed E-state index contributed by atoms with van der Waals surface area (Å²) < 4.78 is 11.6. The van der Waals surface area contributed by atoms with Crippen LogP contribution >= 0.6 is 0 Å². The van der Waals surface area contributed by atoms with Gasteiger partial charge in [-0.2, -0.15) is 0 Å². The zero-order chi connectivity index (χ0) is 14.5. The van der Waals surface area contributed by atoms with E-state index in [-0.39, 0.29) is 6.10 Å². The molecule has 0 heterocycles. The first-order valence-corrected chi connectivity index (χ1v) is 7.61. The Morgan fingerprint density at radius 1 is 1.20 bits per heavy atom. The number of rotatable bonds is 5. The van der Waals surface area contributed by atoms with E-state index in [0.717, 1.165) is 36.0 Å². The molecule has 2 rings (SSSR count). The van der Waals surface area contributed by atoms with Gasteiger partial charge >= 0.3 is 0 Å². The normalized spacial score (nSPS) is 28.1. The lowest BCUT2D eigenvalue weighted by molar-refractivity contribution is -0.0466. The van der Waals surface area contributed by atoms with E-state index in [9.17, 15) is 0 Å². The van der Waals surface area contributed by atoms with E-state index < -0.39 is 0 Å². The summed E-state index contributed by atoms with van der Waals surface area (Å²) in [6, 6.07) is 8.02. The van der Waals surface area contributed by atoms with Crippen LogP contribution in [0.1, 0.15) is 44.8 Å². The topological polar surface area (TPSA) is 44.5 Å². The Morgan fingerprint density at radius 2 is 1.90 bits per heavy atom. The SMILES string of the molecule is COc1cccc(C(CN)OC2CC(C)CC(C)C2)c1. The highest BCUT2D eigenvalue weighted by atomic mass is 16.5. The Labute approximate surface area is 122 Å². The highest BCUT2D eigenvalue weighted by Crippen LogP contribution is 2.33. The van der Waals surface area contributed by atoms with Crippen molar-refractivity contribution in [2.45, 2.75) is 45.3 Å². The van der Waals surface area contributed by atoms with Crippen molar-refractivity contribution in [2.75, 3.05) is 13.7 Å². The van der Waals surface area contributed by atoms with Crippen LogP contribution in [0.3, 0.4) is 0 Å². The highest BCUT2D eigenvalue weighted by molar-refractivity contribution is 5.30. The van der Waals surface area contributed by atoms with Gasteiger partial charge in [0.1, 0.15) is 5.75 Å². The molecule has 1 aliphatic carbocycles. The molecule has 20 heavy (non-hydrogen) atoms. The minimum absolute atomic E-state index is 0.0346. The molecule has 0 bridgehead atoms. The van der Waals surface area contributed by atoms with E-state index in [0.29, 0.717) is 12.6 Å².